The van der Waals surface area contributed by atoms with Crippen molar-refractivity contribution >= 4 is 17.7 Å². The Bertz CT molecular complexity index is 562. The Morgan fingerprint density at radius 3 is 2.96 bits per heavy atom. The minimum atomic E-state index is 0.488. The molecule has 0 amide bonds. The Kier molecular flexibility index (Phi) is 9.12. The van der Waals surface area contributed by atoms with Gasteiger partial charge in [0.15, 0.2) is 5.96 Å². The molecule has 0 bridgehead atoms. The highest BCUT2D eigenvalue weighted by molar-refractivity contribution is 7.99. The Labute approximate surface area is 162 Å². The van der Waals surface area contributed by atoms with Gasteiger partial charge >= 0.3 is 0 Å². The number of nitrogens with zero attached hydrogens (tertiary/aromatic N) is 2. The van der Waals surface area contributed by atoms with Crippen LogP contribution in [0, 0.1) is 11.8 Å². The quantitative estimate of drug-likeness (QED) is 0.405. The molecule has 2 unspecified atom stereocenters. The molecule has 1 fully saturated rings. The van der Waals surface area contributed by atoms with Crippen molar-refractivity contribution in [1.29, 1.82) is 0 Å². The Morgan fingerprint density at radius 1 is 1.46 bits per heavy atom. The number of hydrogen-bond donors (Lipinski definition) is 1. The van der Waals surface area contributed by atoms with E-state index in [-0.39, 0.29) is 0 Å². The minimum Gasteiger partial charge on any atom is -0.496 e. The third-order valence-electron chi connectivity index (χ3n) is 4.40. The van der Waals surface area contributed by atoms with E-state index in [0.717, 1.165) is 56.7 Å². The number of hydrogen-bond acceptors (Lipinski definition) is 4. The monoisotopic (exact) mass is 379 g/mol. The van der Waals surface area contributed by atoms with Crippen LogP contribution in [0.25, 0.3) is 0 Å². The minimum absolute atomic E-state index is 0.488. The zero-order chi connectivity index (χ0) is 18.8. The molecule has 0 aliphatic carbocycles. The molecule has 26 heavy (non-hydrogen) atoms. The summed E-state index contributed by atoms with van der Waals surface area (Å²) < 4.78 is 10.9. The van der Waals surface area contributed by atoms with Crippen molar-refractivity contribution < 1.29 is 9.47 Å². The number of rotatable bonds is 9. The number of thioether (sulfide) groups is 1. The number of ether oxygens (including phenoxy) is 2. The first-order valence-corrected chi connectivity index (χ1v) is 10.5. The summed E-state index contributed by atoms with van der Waals surface area (Å²) in [6.07, 6.45) is 1.15. The molecule has 1 heterocycles. The first-order valence-electron chi connectivity index (χ1n) is 9.47. The molecule has 0 saturated carbocycles. The lowest BCUT2D eigenvalue weighted by Crippen LogP contribution is -2.41. The zero-order valence-electron chi connectivity index (χ0n) is 16.5. The van der Waals surface area contributed by atoms with Gasteiger partial charge in [0.2, 0.25) is 0 Å². The van der Waals surface area contributed by atoms with E-state index in [9.17, 15) is 0 Å². The van der Waals surface area contributed by atoms with E-state index in [1.54, 1.807) is 7.11 Å². The van der Waals surface area contributed by atoms with Gasteiger partial charge in [0.1, 0.15) is 5.75 Å². The van der Waals surface area contributed by atoms with Crippen LogP contribution in [0.4, 0.5) is 0 Å². The maximum Gasteiger partial charge on any atom is 0.193 e. The molecule has 0 aromatic heterocycles. The third-order valence-corrected chi connectivity index (χ3v) is 5.78. The topological polar surface area (TPSA) is 46.1 Å². The van der Waals surface area contributed by atoms with E-state index in [0.29, 0.717) is 11.8 Å². The molecule has 1 saturated heterocycles. The van der Waals surface area contributed by atoms with Crippen LogP contribution in [0.3, 0.4) is 0 Å². The van der Waals surface area contributed by atoms with Crippen LogP contribution in [0.5, 0.6) is 5.75 Å². The van der Waals surface area contributed by atoms with Crippen LogP contribution >= 0.6 is 11.8 Å². The van der Waals surface area contributed by atoms with Crippen LogP contribution in [0.2, 0.25) is 0 Å². The molecular formula is C20H33N3O2S. The van der Waals surface area contributed by atoms with E-state index in [1.807, 2.05) is 23.9 Å². The largest absolute Gasteiger partial charge is 0.496 e. The highest BCUT2D eigenvalue weighted by atomic mass is 32.2. The molecule has 146 valence electrons. The van der Waals surface area contributed by atoms with Gasteiger partial charge < -0.3 is 19.7 Å². The molecule has 0 radical (unpaired) electrons. The maximum atomic E-state index is 5.49. The van der Waals surface area contributed by atoms with Gasteiger partial charge in [-0.2, -0.15) is 0 Å². The summed E-state index contributed by atoms with van der Waals surface area (Å²) in [7, 11) is 3.84. The van der Waals surface area contributed by atoms with Gasteiger partial charge in [-0.3, -0.25) is 4.99 Å². The average molecular weight is 380 g/mol. The summed E-state index contributed by atoms with van der Waals surface area (Å²) in [5.41, 5.74) is 0. The lowest BCUT2D eigenvalue weighted by atomic mass is 10.1. The summed E-state index contributed by atoms with van der Waals surface area (Å²) in [5.74, 6) is 4.06. The molecule has 0 spiro atoms. The summed E-state index contributed by atoms with van der Waals surface area (Å²) in [5, 5.41) is 3.41. The fraction of sp³-hybridized carbons (Fsp3) is 0.650. The van der Waals surface area contributed by atoms with E-state index in [4.69, 9.17) is 14.5 Å². The average Bonchev–Trinajstić information content (AvgIpc) is 3.16. The second kappa shape index (κ2) is 11.3. The van der Waals surface area contributed by atoms with Crippen LogP contribution < -0.4 is 10.1 Å². The second-order valence-electron chi connectivity index (χ2n) is 6.87. The van der Waals surface area contributed by atoms with Crippen molar-refractivity contribution in [2.24, 2.45) is 16.8 Å². The summed E-state index contributed by atoms with van der Waals surface area (Å²) >= 11 is 1.83. The van der Waals surface area contributed by atoms with Gasteiger partial charge in [-0.1, -0.05) is 19.1 Å². The third kappa shape index (κ3) is 6.72. The summed E-state index contributed by atoms with van der Waals surface area (Å²) in [6.45, 7) is 8.82. The number of guanidine groups is 1. The molecule has 1 N–H and O–H groups in total. The molecular weight excluding hydrogens is 346 g/mol. The number of benzene rings is 1. The number of aliphatic imine (C=N–C) groups is 1. The SMILES string of the molecule is CCNC(=NCC(C)CSc1ccccc1OC)N(C)CC1CCOC1. The molecule has 6 heteroatoms. The molecule has 1 aliphatic heterocycles. The zero-order valence-corrected chi connectivity index (χ0v) is 17.3. The predicted molar refractivity (Wildman–Crippen MR) is 110 cm³/mol. The predicted octanol–water partition coefficient (Wildman–Crippen LogP) is 3.36. The first kappa shape index (κ1) is 20.9. The highest BCUT2D eigenvalue weighted by Crippen LogP contribution is 2.30. The Balaban J connectivity index is 1.84. The molecule has 1 aromatic carbocycles. The van der Waals surface area contributed by atoms with Gasteiger partial charge in [0.25, 0.3) is 0 Å². The van der Waals surface area contributed by atoms with E-state index in [1.165, 1.54) is 4.90 Å². The van der Waals surface area contributed by atoms with Crippen LogP contribution in [0.15, 0.2) is 34.2 Å². The normalized spacial score (nSPS) is 18.6. The molecule has 5 nitrogen and oxygen atoms in total. The van der Waals surface area contributed by atoms with Crippen molar-refractivity contribution in [3.05, 3.63) is 24.3 Å². The van der Waals surface area contributed by atoms with Gasteiger partial charge in [-0.15, -0.1) is 11.8 Å². The van der Waals surface area contributed by atoms with Crippen molar-refractivity contribution in [2.75, 3.05) is 52.8 Å². The molecule has 1 aliphatic rings. The summed E-state index contributed by atoms with van der Waals surface area (Å²) in [6, 6.07) is 8.18. The smallest absolute Gasteiger partial charge is 0.193 e. The number of para-hydroxylation sites is 1. The molecule has 2 rings (SSSR count). The van der Waals surface area contributed by atoms with Crippen LogP contribution in [-0.2, 0) is 4.74 Å². The fourth-order valence-corrected chi connectivity index (χ4v) is 3.97. The van der Waals surface area contributed by atoms with Gasteiger partial charge in [0, 0.05) is 49.9 Å². The van der Waals surface area contributed by atoms with E-state index >= 15 is 0 Å². The lowest BCUT2D eigenvalue weighted by molar-refractivity contribution is 0.181. The van der Waals surface area contributed by atoms with Gasteiger partial charge in [0.05, 0.1) is 13.7 Å². The molecule has 2 atom stereocenters. The van der Waals surface area contributed by atoms with Crippen molar-refractivity contribution in [2.45, 2.75) is 25.2 Å². The van der Waals surface area contributed by atoms with Crippen molar-refractivity contribution in [1.82, 2.24) is 10.2 Å². The van der Waals surface area contributed by atoms with Crippen LogP contribution in [0.1, 0.15) is 20.3 Å². The maximum absolute atomic E-state index is 5.49. The van der Waals surface area contributed by atoms with E-state index in [2.05, 4.69) is 43.2 Å². The standard InChI is InChI=1S/C20H33N3O2S/c1-5-21-20(23(3)13-17-10-11-25-14-17)22-12-16(2)15-26-19-9-7-6-8-18(19)24-4/h6-9,16-17H,5,10-15H2,1-4H3,(H,21,22). The van der Waals surface area contributed by atoms with Crippen molar-refractivity contribution in [3.8, 4) is 5.75 Å². The fourth-order valence-electron chi connectivity index (χ4n) is 2.94. The lowest BCUT2D eigenvalue weighted by Gasteiger charge is -2.25. The summed E-state index contributed by atoms with van der Waals surface area (Å²) in [4.78, 5) is 8.29. The van der Waals surface area contributed by atoms with Crippen molar-refractivity contribution in [3.63, 3.8) is 0 Å². The number of methoxy groups -OCH3 is 1. The van der Waals surface area contributed by atoms with Crippen LogP contribution in [-0.4, -0.2) is 63.6 Å². The Hall–Kier alpha value is -1.40. The number of nitrogens with one attached hydrogen (secondary N) is 1. The van der Waals surface area contributed by atoms with Gasteiger partial charge in [-0.05, 0) is 31.4 Å². The first-order chi connectivity index (χ1) is 12.6. The Morgan fingerprint density at radius 2 is 2.27 bits per heavy atom. The van der Waals surface area contributed by atoms with Gasteiger partial charge in [-0.25, -0.2) is 0 Å². The molecule has 1 aromatic rings. The highest BCUT2D eigenvalue weighted by Gasteiger charge is 2.19. The second-order valence-corrected chi connectivity index (χ2v) is 7.93. The van der Waals surface area contributed by atoms with E-state index < -0.39 is 0 Å².